The van der Waals surface area contributed by atoms with Crippen LogP contribution in [0.25, 0.3) is 98.3 Å². The van der Waals surface area contributed by atoms with E-state index in [0.29, 0.717) is 5.82 Å². The SMILES string of the molecule is c1ccc(-c2ccccc2-c2cc(-c3cccc4c3sc3ccccc34)nc(-c3ccc(-c4ccc5oc6ccccc6c5c4)cc3)n2)cc1. The highest BCUT2D eigenvalue weighted by Crippen LogP contribution is 2.41. The largest absolute Gasteiger partial charge is 0.456 e. The maximum absolute atomic E-state index is 6.08. The Morgan fingerprint density at radius 2 is 1.00 bits per heavy atom. The fraction of sp³-hybridized carbons (Fsp3) is 0. The number of rotatable bonds is 5. The maximum atomic E-state index is 6.08. The van der Waals surface area contributed by atoms with Gasteiger partial charge < -0.3 is 4.42 Å². The summed E-state index contributed by atoms with van der Waals surface area (Å²) in [6.45, 7) is 0. The molecule has 0 unspecified atom stereocenters. The summed E-state index contributed by atoms with van der Waals surface area (Å²) in [5, 5.41) is 4.77. The molecule has 234 valence electrons. The molecule has 0 aliphatic heterocycles. The normalized spacial score (nSPS) is 11.6. The molecule has 7 aromatic carbocycles. The van der Waals surface area contributed by atoms with Crippen LogP contribution in [0.1, 0.15) is 0 Å². The molecule has 0 aliphatic rings. The number of furan rings is 1. The summed E-state index contributed by atoms with van der Waals surface area (Å²) in [5.41, 5.74) is 11.3. The smallest absolute Gasteiger partial charge is 0.160 e. The maximum Gasteiger partial charge on any atom is 0.160 e. The Labute approximate surface area is 292 Å². The number of nitrogens with zero attached hydrogens (tertiary/aromatic N) is 2. The zero-order chi connectivity index (χ0) is 33.0. The van der Waals surface area contributed by atoms with Crippen LogP contribution in [-0.2, 0) is 0 Å². The molecule has 0 radical (unpaired) electrons. The average Bonchev–Trinajstić information content (AvgIpc) is 3.76. The van der Waals surface area contributed by atoms with Crippen LogP contribution in [0.5, 0.6) is 0 Å². The van der Waals surface area contributed by atoms with Gasteiger partial charge in [0.15, 0.2) is 5.82 Å². The van der Waals surface area contributed by atoms with Crippen molar-refractivity contribution in [1.29, 1.82) is 0 Å². The van der Waals surface area contributed by atoms with Crippen molar-refractivity contribution in [2.24, 2.45) is 0 Å². The number of hydrogen-bond donors (Lipinski definition) is 0. The summed E-state index contributed by atoms with van der Waals surface area (Å²) >= 11 is 1.82. The monoisotopic (exact) mass is 656 g/mol. The lowest BCUT2D eigenvalue weighted by molar-refractivity contribution is 0.669. The molecule has 3 nitrogen and oxygen atoms in total. The first-order valence-corrected chi connectivity index (χ1v) is 17.6. The Kier molecular flexibility index (Phi) is 6.68. The van der Waals surface area contributed by atoms with Crippen molar-refractivity contribution in [1.82, 2.24) is 9.97 Å². The van der Waals surface area contributed by atoms with E-state index in [0.717, 1.165) is 72.3 Å². The Morgan fingerprint density at radius 3 is 1.86 bits per heavy atom. The van der Waals surface area contributed by atoms with E-state index in [1.807, 2.05) is 23.5 Å². The second kappa shape index (κ2) is 11.7. The average molecular weight is 657 g/mol. The molecule has 0 N–H and O–H groups in total. The van der Waals surface area contributed by atoms with Gasteiger partial charge in [0.05, 0.1) is 11.4 Å². The molecule has 10 aromatic rings. The highest BCUT2D eigenvalue weighted by atomic mass is 32.1. The van der Waals surface area contributed by atoms with Crippen LogP contribution in [-0.4, -0.2) is 9.97 Å². The minimum atomic E-state index is 0.696. The van der Waals surface area contributed by atoms with Crippen LogP contribution in [0.15, 0.2) is 174 Å². The van der Waals surface area contributed by atoms with Crippen molar-refractivity contribution in [3.63, 3.8) is 0 Å². The molecule has 50 heavy (non-hydrogen) atoms. The van der Waals surface area contributed by atoms with Crippen molar-refractivity contribution >= 4 is 53.4 Å². The third-order valence-electron chi connectivity index (χ3n) is 9.55. The molecule has 0 saturated heterocycles. The summed E-state index contributed by atoms with van der Waals surface area (Å²) < 4.78 is 8.59. The van der Waals surface area contributed by atoms with Gasteiger partial charge in [-0.2, -0.15) is 0 Å². The van der Waals surface area contributed by atoms with Gasteiger partial charge in [0.25, 0.3) is 0 Å². The molecule has 0 saturated carbocycles. The van der Waals surface area contributed by atoms with Crippen LogP contribution in [0.2, 0.25) is 0 Å². The van der Waals surface area contributed by atoms with Crippen molar-refractivity contribution in [2.75, 3.05) is 0 Å². The van der Waals surface area contributed by atoms with Gasteiger partial charge in [-0.15, -0.1) is 11.3 Å². The highest BCUT2D eigenvalue weighted by Gasteiger charge is 2.17. The number of benzene rings is 7. The van der Waals surface area contributed by atoms with Crippen LogP contribution >= 0.6 is 11.3 Å². The summed E-state index contributed by atoms with van der Waals surface area (Å²) in [5.74, 6) is 0.696. The quantitative estimate of drug-likeness (QED) is 0.185. The van der Waals surface area contributed by atoms with Gasteiger partial charge in [-0.3, -0.25) is 0 Å². The van der Waals surface area contributed by atoms with Gasteiger partial charge >= 0.3 is 0 Å². The zero-order valence-electron chi connectivity index (χ0n) is 26.9. The van der Waals surface area contributed by atoms with Gasteiger partial charge in [0.1, 0.15) is 11.2 Å². The number of aromatic nitrogens is 2. The summed E-state index contributed by atoms with van der Waals surface area (Å²) in [6, 6.07) is 59.6. The van der Waals surface area contributed by atoms with Crippen LogP contribution in [0, 0.1) is 0 Å². The predicted molar refractivity (Wildman–Crippen MR) is 209 cm³/mol. The van der Waals surface area contributed by atoms with Gasteiger partial charge in [-0.1, -0.05) is 140 Å². The molecule has 3 aromatic heterocycles. The topological polar surface area (TPSA) is 38.9 Å². The van der Waals surface area contributed by atoms with E-state index in [1.54, 1.807) is 0 Å². The second-order valence-electron chi connectivity index (χ2n) is 12.5. The number of hydrogen-bond acceptors (Lipinski definition) is 4. The lowest BCUT2D eigenvalue weighted by Crippen LogP contribution is -1.97. The van der Waals surface area contributed by atoms with Gasteiger partial charge in [0.2, 0.25) is 0 Å². The number of fused-ring (bicyclic) bond motifs is 6. The fourth-order valence-corrected chi connectivity index (χ4v) is 8.32. The molecule has 0 amide bonds. The molecule has 0 atom stereocenters. The molecule has 10 rings (SSSR count). The molecule has 0 spiro atoms. The van der Waals surface area contributed by atoms with Crippen LogP contribution in [0.3, 0.4) is 0 Å². The Bertz CT molecular complexity index is 2870. The van der Waals surface area contributed by atoms with E-state index in [2.05, 4.69) is 158 Å². The second-order valence-corrected chi connectivity index (χ2v) is 13.6. The predicted octanol–water partition coefficient (Wildman–Crippen LogP) is 13.1. The standard InChI is InChI=1S/C46H28N2OS/c1-2-11-30(12-3-1)33-13-4-5-14-34(33)40-28-41(38-18-10-17-37-36-16-7-9-20-44(36)50-45(37)38)48-46(47-40)31-23-21-29(22-24-31)32-25-26-43-39(27-32)35-15-6-8-19-42(35)49-43/h1-28H. The zero-order valence-corrected chi connectivity index (χ0v) is 27.7. The molecular formula is C46H28N2OS. The van der Waals surface area contributed by atoms with E-state index in [4.69, 9.17) is 14.4 Å². The first-order valence-electron chi connectivity index (χ1n) is 16.7. The van der Waals surface area contributed by atoms with Crippen LogP contribution in [0.4, 0.5) is 0 Å². The summed E-state index contributed by atoms with van der Waals surface area (Å²) in [6.07, 6.45) is 0. The van der Waals surface area contributed by atoms with Gasteiger partial charge in [-0.05, 0) is 52.6 Å². The van der Waals surface area contributed by atoms with Gasteiger partial charge in [0, 0.05) is 47.6 Å². The highest BCUT2D eigenvalue weighted by molar-refractivity contribution is 7.26. The van der Waals surface area contributed by atoms with E-state index in [1.165, 1.54) is 20.2 Å². The molecule has 3 heterocycles. The Morgan fingerprint density at radius 1 is 0.380 bits per heavy atom. The molecule has 0 bridgehead atoms. The van der Waals surface area contributed by atoms with Crippen molar-refractivity contribution in [2.45, 2.75) is 0 Å². The molecular weight excluding hydrogens is 629 g/mol. The Hall–Kier alpha value is -6.36. The molecule has 4 heteroatoms. The number of thiophene rings is 1. The first-order chi connectivity index (χ1) is 24.8. The lowest BCUT2D eigenvalue weighted by atomic mass is 9.96. The Balaban J connectivity index is 1.13. The lowest BCUT2D eigenvalue weighted by Gasteiger charge is -2.13. The fourth-order valence-electron chi connectivity index (χ4n) is 7.09. The first kappa shape index (κ1) is 28.6. The van der Waals surface area contributed by atoms with E-state index in [-0.39, 0.29) is 0 Å². The van der Waals surface area contributed by atoms with Crippen molar-refractivity contribution in [3.05, 3.63) is 170 Å². The van der Waals surface area contributed by atoms with Gasteiger partial charge in [-0.25, -0.2) is 9.97 Å². The summed E-state index contributed by atoms with van der Waals surface area (Å²) in [7, 11) is 0. The molecule has 0 aliphatic carbocycles. The third-order valence-corrected chi connectivity index (χ3v) is 10.8. The van der Waals surface area contributed by atoms with Crippen LogP contribution < -0.4 is 0 Å². The van der Waals surface area contributed by atoms with Crippen molar-refractivity contribution in [3.8, 4) is 56.2 Å². The van der Waals surface area contributed by atoms with E-state index in [9.17, 15) is 0 Å². The number of para-hydroxylation sites is 1. The minimum absolute atomic E-state index is 0.696. The summed E-state index contributed by atoms with van der Waals surface area (Å²) in [4.78, 5) is 10.5. The molecule has 0 fully saturated rings. The van der Waals surface area contributed by atoms with E-state index < -0.39 is 0 Å². The van der Waals surface area contributed by atoms with Crippen molar-refractivity contribution < 1.29 is 4.42 Å². The van der Waals surface area contributed by atoms with E-state index >= 15 is 0 Å². The minimum Gasteiger partial charge on any atom is -0.456 e. The third kappa shape index (κ3) is 4.80.